The molecule has 3 aromatic carbocycles. The molecule has 0 aliphatic rings. The van der Waals surface area contributed by atoms with Crippen molar-refractivity contribution in [3.63, 3.8) is 0 Å². The summed E-state index contributed by atoms with van der Waals surface area (Å²) in [5, 5.41) is 2.51. The van der Waals surface area contributed by atoms with Gasteiger partial charge in [-0.3, -0.25) is 0 Å². The van der Waals surface area contributed by atoms with Gasteiger partial charge in [-0.25, -0.2) is 0 Å². The molecule has 0 aromatic heterocycles. The largest absolute Gasteiger partial charge is 0.400 e. The summed E-state index contributed by atoms with van der Waals surface area (Å²) in [6.07, 6.45) is 2.72. The van der Waals surface area contributed by atoms with Crippen LogP contribution in [0.2, 0.25) is 0 Å². The van der Waals surface area contributed by atoms with E-state index >= 15 is 0 Å². The number of halogens is 1. The molecule has 0 fully saturated rings. The Morgan fingerprint density at radius 3 is 1.84 bits per heavy atom. The van der Waals surface area contributed by atoms with Crippen LogP contribution in [0.5, 0.6) is 0 Å². The molecule has 3 heteroatoms. The average molecular weight is 408 g/mol. The van der Waals surface area contributed by atoms with E-state index < -0.39 is 9.04 Å². The van der Waals surface area contributed by atoms with Gasteiger partial charge in [0.25, 0.3) is 9.04 Å². The van der Waals surface area contributed by atoms with Crippen LogP contribution in [0, 0.1) is 0 Å². The fraction of sp³-hybridized carbons (Fsp3) is 0.0909. The Bertz CT molecular complexity index is 748. The van der Waals surface area contributed by atoms with Crippen LogP contribution in [0.1, 0.15) is 18.1 Å². The van der Waals surface area contributed by atoms with Crippen molar-refractivity contribution in [1.29, 1.82) is 0 Å². The van der Waals surface area contributed by atoms with Gasteiger partial charge in [-0.1, -0.05) is 94.8 Å². The zero-order chi connectivity index (χ0) is 17.5. The minimum Gasteiger partial charge on any atom is -0.400 e. The van der Waals surface area contributed by atoms with E-state index in [1.165, 1.54) is 15.9 Å². The third-order valence-corrected chi connectivity index (χ3v) is 6.72. The highest BCUT2D eigenvalue weighted by atomic mass is 79.9. The molecule has 3 rings (SSSR count). The van der Waals surface area contributed by atoms with Gasteiger partial charge < -0.3 is 4.43 Å². The summed E-state index contributed by atoms with van der Waals surface area (Å²) in [5.41, 5.74) is 1.18. The van der Waals surface area contributed by atoms with E-state index in [1.807, 2.05) is 18.2 Å². The zero-order valence-electron chi connectivity index (χ0n) is 13.9. The predicted molar refractivity (Wildman–Crippen MR) is 111 cm³/mol. The molecule has 0 aliphatic carbocycles. The first kappa shape index (κ1) is 17.9. The van der Waals surface area contributed by atoms with Crippen LogP contribution in [0.3, 0.4) is 0 Å². The molecule has 0 bridgehead atoms. The minimum absolute atomic E-state index is 0.0000915. The molecule has 0 heterocycles. The third kappa shape index (κ3) is 4.79. The highest BCUT2D eigenvalue weighted by Gasteiger charge is 2.24. The van der Waals surface area contributed by atoms with E-state index in [1.54, 1.807) is 0 Å². The molecule has 0 N–H and O–H groups in total. The van der Waals surface area contributed by atoms with Crippen LogP contribution in [-0.2, 0) is 4.43 Å². The molecule has 1 atom stereocenters. The number of hydrogen-bond acceptors (Lipinski definition) is 1. The highest BCUT2D eigenvalue weighted by molar-refractivity contribution is 9.10. The lowest BCUT2D eigenvalue weighted by atomic mass is 10.1. The molecular weight excluding hydrogens is 388 g/mol. The second-order valence-corrected chi connectivity index (χ2v) is 8.71. The van der Waals surface area contributed by atoms with Gasteiger partial charge in [0.1, 0.15) is 0 Å². The van der Waals surface area contributed by atoms with Gasteiger partial charge in [0.2, 0.25) is 0 Å². The summed E-state index contributed by atoms with van der Waals surface area (Å²) in [4.78, 5) is 0. The fourth-order valence-electron chi connectivity index (χ4n) is 2.71. The quantitative estimate of drug-likeness (QED) is 0.400. The van der Waals surface area contributed by atoms with Crippen LogP contribution in [0.15, 0.2) is 102 Å². The predicted octanol–water partition coefficient (Wildman–Crippen LogP) is 4.89. The maximum absolute atomic E-state index is 6.70. The van der Waals surface area contributed by atoms with Crippen molar-refractivity contribution in [1.82, 2.24) is 0 Å². The molecule has 25 heavy (non-hydrogen) atoms. The second kappa shape index (κ2) is 8.95. The second-order valence-electron chi connectivity index (χ2n) is 5.74. The van der Waals surface area contributed by atoms with Crippen molar-refractivity contribution in [2.45, 2.75) is 12.5 Å². The number of hydrogen-bond donors (Lipinski definition) is 0. The molecule has 0 saturated carbocycles. The molecule has 0 amide bonds. The maximum Gasteiger partial charge on any atom is 0.283 e. The Hall–Kier alpha value is -1.94. The summed E-state index contributed by atoms with van der Waals surface area (Å²) >= 11 is 3.50. The van der Waals surface area contributed by atoms with E-state index in [9.17, 15) is 0 Å². The topological polar surface area (TPSA) is 9.23 Å². The molecule has 1 radical (unpaired) electrons. The average Bonchev–Trinajstić information content (AvgIpc) is 2.67. The van der Waals surface area contributed by atoms with Gasteiger partial charge in [-0.05, 0) is 34.5 Å². The van der Waals surface area contributed by atoms with Crippen molar-refractivity contribution in [3.05, 3.63) is 108 Å². The van der Waals surface area contributed by atoms with Crippen LogP contribution in [0.4, 0.5) is 0 Å². The van der Waals surface area contributed by atoms with Crippen LogP contribution in [0.25, 0.3) is 0 Å². The minimum atomic E-state index is -1.34. The molecule has 3 aromatic rings. The van der Waals surface area contributed by atoms with Gasteiger partial charge in [-0.15, -0.1) is 6.58 Å². The Balaban J connectivity index is 1.94. The maximum atomic E-state index is 6.70. The Kier molecular flexibility index (Phi) is 6.40. The summed E-state index contributed by atoms with van der Waals surface area (Å²) < 4.78 is 7.78. The molecular formula is C22H20BrOSi. The monoisotopic (exact) mass is 407 g/mol. The molecule has 0 saturated heterocycles. The third-order valence-electron chi connectivity index (χ3n) is 3.95. The van der Waals surface area contributed by atoms with E-state index in [0.717, 1.165) is 10.9 Å². The molecule has 0 aliphatic heterocycles. The lowest BCUT2D eigenvalue weighted by Gasteiger charge is -2.24. The number of benzene rings is 3. The summed E-state index contributed by atoms with van der Waals surface area (Å²) in [5.74, 6) is 0. The summed E-state index contributed by atoms with van der Waals surface area (Å²) in [6, 6.07) is 29.4. The van der Waals surface area contributed by atoms with E-state index in [0.29, 0.717) is 0 Å². The molecule has 125 valence electrons. The molecule has 0 spiro atoms. The normalized spacial score (nSPS) is 12.1. The summed E-state index contributed by atoms with van der Waals surface area (Å²) in [7, 11) is -1.34. The summed E-state index contributed by atoms with van der Waals surface area (Å²) in [6.45, 7) is 3.92. The Morgan fingerprint density at radius 2 is 1.36 bits per heavy atom. The smallest absolute Gasteiger partial charge is 0.283 e. The first-order valence-electron chi connectivity index (χ1n) is 8.28. The van der Waals surface area contributed by atoms with E-state index in [4.69, 9.17) is 4.43 Å². The van der Waals surface area contributed by atoms with Gasteiger partial charge in [0.15, 0.2) is 0 Å². The van der Waals surface area contributed by atoms with Gasteiger partial charge in [0, 0.05) is 4.47 Å². The van der Waals surface area contributed by atoms with Crippen LogP contribution >= 0.6 is 15.9 Å². The fourth-order valence-corrected chi connectivity index (χ4v) is 5.08. The van der Waals surface area contributed by atoms with Crippen molar-refractivity contribution < 1.29 is 4.43 Å². The highest BCUT2D eigenvalue weighted by Crippen LogP contribution is 2.24. The zero-order valence-corrected chi connectivity index (χ0v) is 16.5. The van der Waals surface area contributed by atoms with Crippen molar-refractivity contribution in [2.75, 3.05) is 0 Å². The standard InChI is InChI=1S/C22H20BrOSi/c1-2-9-22(18-14-16-19(23)17-15-18)24-25(20-10-5-3-6-11-20)21-12-7-4-8-13-21/h2-8,10-17,22H,1,9H2. The van der Waals surface area contributed by atoms with Gasteiger partial charge in [-0.2, -0.15) is 0 Å². The van der Waals surface area contributed by atoms with E-state index in [-0.39, 0.29) is 6.10 Å². The Morgan fingerprint density at radius 1 is 0.840 bits per heavy atom. The van der Waals surface area contributed by atoms with Crippen molar-refractivity contribution in [3.8, 4) is 0 Å². The van der Waals surface area contributed by atoms with E-state index in [2.05, 4.69) is 95.3 Å². The SMILES string of the molecule is C=CCC(O[Si](c1ccccc1)c1ccccc1)c1ccc(Br)cc1. The van der Waals surface area contributed by atoms with Crippen LogP contribution < -0.4 is 10.4 Å². The molecule has 1 unspecified atom stereocenters. The van der Waals surface area contributed by atoms with Crippen molar-refractivity contribution >= 4 is 35.3 Å². The molecule has 1 nitrogen and oxygen atoms in total. The first-order valence-corrected chi connectivity index (χ1v) is 10.5. The Labute approximate surface area is 159 Å². The number of rotatable bonds is 7. The van der Waals surface area contributed by atoms with Gasteiger partial charge in [0.05, 0.1) is 6.10 Å². The van der Waals surface area contributed by atoms with Crippen LogP contribution in [-0.4, -0.2) is 9.04 Å². The lowest BCUT2D eigenvalue weighted by molar-refractivity contribution is 0.218. The van der Waals surface area contributed by atoms with Gasteiger partial charge >= 0.3 is 0 Å². The first-order chi connectivity index (χ1) is 12.3. The van der Waals surface area contributed by atoms with Crippen molar-refractivity contribution in [2.24, 2.45) is 0 Å². The lowest BCUT2D eigenvalue weighted by Crippen LogP contribution is -2.45.